The van der Waals surface area contributed by atoms with Crippen molar-refractivity contribution in [3.8, 4) is 5.75 Å². The number of amidine groups is 2. The van der Waals surface area contributed by atoms with Crippen LogP contribution >= 0.6 is 0 Å². The number of nitrogens with one attached hydrogen (secondary N) is 3. The molecule has 5 N–H and O–H groups in total. The van der Waals surface area contributed by atoms with Crippen LogP contribution in [0.1, 0.15) is 85.8 Å². The molecule has 14 heteroatoms. The Morgan fingerprint density at radius 2 is 1.51 bits per heavy atom. The highest BCUT2D eigenvalue weighted by Crippen LogP contribution is 2.28. The first-order valence-electron chi connectivity index (χ1n) is 19.9. The van der Waals surface area contributed by atoms with Crippen LogP contribution in [0.4, 0.5) is 5.69 Å². The predicted octanol–water partition coefficient (Wildman–Crippen LogP) is 5.77. The molecule has 2 aromatic carbocycles. The standard InChI is InChI=1S/C43H61N7O7/c1-33(35-11-9-14-38(32-35)57-26-7-5-4-6-24-54-27-29-56-30-28-55-25-10-15-39(51)53-3)47-41(52)36-12-8-13-37(31-36)49-43(18-22-50(2)23-19-43)42(45)48-40(44)34-16-20-46-21-17-34/h8-9,11-14,16-17,20-21,31-33,49H,4-7,10,15,18-19,22-30H2,1-3H3,(H,47,52)(H3,44,45,48)/t33-/m0/s1. The highest BCUT2D eigenvalue weighted by Gasteiger charge is 2.38. The van der Waals surface area contributed by atoms with Gasteiger partial charge in [0.2, 0.25) is 0 Å². The molecule has 0 unspecified atom stereocenters. The molecule has 1 fully saturated rings. The van der Waals surface area contributed by atoms with Gasteiger partial charge in [-0.15, -0.1) is 0 Å². The fraction of sp³-hybridized carbons (Fsp3) is 0.512. The second-order valence-corrected chi connectivity index (χ2v) is 14.2. The van der Waals surface area contributed by atoms with Crippen LogP contribution in [0.25, 0.3) is 0 Å². The Morgan fingerprint density at radius 1 is 0.860 bits per heavy atom. The van der Waals surface area contributed by atoms with E-state index in [2.05, 4.69) is 37.3 Å². The number of amides is 1. The number of hydrogen-bond acceptors (Lipinski definition) is 11. The first-order chi connectivity index (χ1) is 27.7. The molecule has 310 valence electrons. The van der Waals surface area contributed by atoms with Crippen LogP contribution < -0.4 is 21.1 Å². The van der Waals surface area contributed by atoms with Gasteiger partial charge in [-0.2, -0.15) is 0 Å². The van der Waals surface area contributed by atoms with Crippen LogP contribution in [-0.2, 0) is 23.7 Å². The number of anilines is 1. The van der Waals surface area contributed by atoms with Gasteiger partial charge in [0.1, 0.15) is 11.6 Å². The van der Waals surface area contributed by atoms with Gasteiger partial charge in [-0.3, -0.25) is 20.0 Å². The number of esters is 1. The maximum Gasteiger partial charge on any atom is 0.305 e. The molecule has 1 aliphatic heterocycles. The second kappa shape index (κ2) is 24.7. The van der Waals surface area contributed by atoms with E-state index in [1.165, 1.54) is 7.11 Å². The molecule has 14 nitrogen and oxygen atoms in total. The van der Waals surface area contributed by atoms with E-state index in [1.54, 1.807) is 30.6 Å². The molecule has 1 saturated heterocycles. The summed E-state index contributed by atoms with van der Waals surface area (Å²) in [5, 5.41) is 15.3. The number of nitrogens with zero attached hydrogens (tertiary/aromatic N) is 3. The van der Waals surface area contributed by atoms with Gasteiger partial charge >= 0.3 is 5.97 Å². The van der Waals surface area contributed by atoms with Gasteiger partial charge in [-0.05, 0) is 101 Å². The predicted molar refractivity (Wildman–Crippen MR) is 222 cm³/mol. The van der Waals surface area contributed by atoms with Crippen molar-refractivity contribution in [3.63, 3.8) is 0 Å². The average molecular weight is 788 g/mol. The third kappa shape index (κ3) is 15.9. The number of aromatic nitrogens is 1. The fourth-order valence-electron chi connectivity index (χ4n) is 6.31. The molecule has 0 aliphatic carbocycles. The van der Waals surface area contributed by atoms with Crippen LogP contribution in [0.3, 0.4) is 0 Å². The summed E-state index contributed by atoms with van der Waals surface area (Å²) in [6, 6.07) is 18.5. The summed E-state index contributed by atoms with van der Waals surface area (Å²) in [6.45, 7) is 7.47. The summed E-state index contributed by atoms with van der Waals surface area (Å²) in [6.07, 6.45) is 9.68. The van der Waals surface area contributed by atoms with Crippen molar-refractivity contribution in [3.05, 3.63) is 89.7 Å². The summed E-state index contributed by atoms with van der Waals surface area (Å²) < 4.78 is 27.2. The summed E-state index contributed by atoms with van der Waals surface area (Å²) in [7, 11) is 3.46. The Hall–Kier alpha value is -4.89. The summed E-state index contributed by atoms with van der Waals surface area (Å²) >= 11 is 0. The van der Waals surface area contributed by atoms with Crippen molar-refractivity contribution in [1.29, 1.82) is 5.41 Å². The van der Waals surface area contributed by atoms with Crippen LogP contribution in [-0.4, -0.2) is 112 Å². The normalized spacial score (nSPS) is 14.8. The van der Waals surface area contributed by atoms with E-state index >= 15 is 0 Å². The van der Waals surface area contributed by atoms with E-state index in [0.717, 1.165) is 55.8 Å². The molecule has 2 heterocycles. The van der Waals surface area contributed by atoms with Crippen molar-refractivity contribution in [2.75, 3.05) is 78.8 Å². The smallest absolute Gasteiger partial charge is 0.305 e. The lowest BCUT2D eigenvalue weighted by atomic mass is 9.85. The van der Waals surface area contributed by atoms with Gasteiger partial charge in [0.25, 0.3) is 5.91 Å². The molecule has 0 saturated carbocycles. The molecule has 3 aromatic rings. The summed E-state index contributed by atoms with van der Waals surface area (Å²) in [5.74, 6) is 0.781. The number of pyridine rings is 1. The monoisotopic (exact) mass is 787 g/mol. The van der Waals surface area contributed by atoms with Gasteiger partial charge in [0.15, 0.2) is 5.84 Å². The Morgan fingerprint density at radius 3 is 2.21 bits per heavy atom. The first kappa shape index (κ1) is 44.8. The number of carbonyl (C=O) groups is 2. The Kier molecular flexibility index (Phi) is 19.4. The summed E-state index contributed by atoms with van der Waals surface area (Å²) in [4.78, 5) is 35.3. The lowest BCUT2D eigenvalue weighted by molar-refractivity contribution is -0.141. The van der Waals surface area contributed by atoms with Gasteiger partial charge in [0, 0.05) is 61.9 Å². The molecule has 1 atom stereocenters. The van der Waals surface area contributed by atoms with E-state index in [1.807, 2.05) is 49.4 Å². The number of aliphatic imine (C=N–C) groups is 1. The third-order valence-corrected chi connectivity index (χ3v) is 9.82. The minimum Gasteiger partial charge on any atom is -0.494 e. The van der Waals surface area contributed by atoms with Crippen molar-refractivity contribution < 1.29 is 33.3 Å². The van der Waals surface area contributed by atoms with Crippen molar-refractivity contribution in [2.45, 2.75) is 69.9 Å². The van der Waals surface area contributed by atoms with Gasteiger partial charge in [0.05, 0.1) is 51.7 Å². The molecule has 1 aliphatic rings. The number of methoxy groups -OCH3 is 1. The topological polar surface area (TPSA) is 183 Å². The van der Waals surface area contributed by atoms with Crippen LogP contribution in [0.2, 0.25) is 0 Å². The Labute approximate surface area is 337 Å². The maximum atomic E-state index is 13.5. The number of ether oxygens (including phenoxy) is 5. The number of rotatable bonds is 25. The Balaban J connectivity index is 1.15. The Bertz CT molecular complexity index is 1700. The quantitative estimate of drug-likeness (QED) is 0.0354. The molecular formula is C43H61N7O7. The molecule has 0 spiro atoms. The fourth-order valence-corrected chi connectivity index (χ4v) is 6.31. The molecule has 1 aromatic heterocycles. The van der Waals surface area contributed by atoms with Gasteiger partial charge in [-0.1, -0.05) is 24.6 Å². The molecule has 0 bridgehead atoms. The number of benzene rings is 2. The first-order valence-corrected chi connectivity index (χ1v) is 19.9. The number of likely N-dealkylation sites (tertiary alicyclic amines) is 1. The molecule has 57 heavy (non-hydrogen) atoms. The van der Waals surface area contributed by atoms with E-state index in [-0.39, 0.29) is 23.8 Å². The number of piperidine rings is 1. The van der Waals surface area contributed by atoms with Crippen LogP contribution in [0.15, 0.2) is 78.0 Å². The number of unbranched alkanes of at least 4 members (excludes halogenated alkanes) is 3. The highest BCUT2D eigenvalue weighted by molar-refractivity contribution is 6.07. The van der Waals surface area contributed by atoms with Crippen LogP contribution in [0.5, 0.6) is 5.75 Å². The summed E-state index contributed by atoms with van der Waals surface area (Å²) in [5.41, 5.74) is 8.85. The lowest BCUT2D eigenvalue weighted by Crippen LogP contribution is -2.56. The second-order valence-electron chi connectivity index (χ2n) is 14.2. The number of carbonyl (C=O) groups excluding carboxylic acids is 2. The number of hydrogen-bond donors (Lipinski definition) is 4. The van der Waals surface area contributed by atoms with E-state index in [9.17, 15) is 9.59 Å². The van der Waals surface area contributed by atoms with E-state index < -0.39 is 5.54 Å². The average Bonchev–Trinajstić information content (AvgIpc) is 3.23. The number of nitrogens with two attached hydrogens (primary N) is 1. The molecule has 1 amide bonds. The largest absolute Gasteiger partial charge is 0.494 e. The van der Waals surface area contributed by atoms with Crippen molar-refractivity contribution in [2.24, 2.45) is 10.7 Å². The lowest BCUT2D eigenvalue weighted by Gasteiger charge is -2.41. The zero-order chi connectivity index (χ0) is 40.7. The third-order valence-electron chi connectivity index (χ3n) is 9.82. The maximum absolute atomic E-state index is 13.5. The molecule has 4 rings (SSSR count). The van der Waals surface area contributed by atoms with E-state index in [4.69, 9.17) is 30.1 Å². The van der Waals surface area contributed by atoms with Gasteiger partial charge < -0.3 is 45.0 Å². The van der Waals surface area contributed by atoms with Crippen molar-refractivity contribution in [1.82, 2.24) is 15.2 Å². The molecular weight excluding hydrogens is 727 g/mol. The minimum atomic E-state index is -0.674. The van der Waals surface area contributed by atoms with Gasteiger partial charge in [-0.25, -0.2) is 4.99 Å². The zero-order valence-corrected chi connectivity index (χ0v) is 33.8. The highest BCUT2D eigenvalue weighted by atomic mass is 16.5. The van der Waals surface area contributed by atoms with Crippen molar-refractivity contribution >= 4 is 29.2 Å². The molecule has 0 radical (unpaired) electrons. The van der Waals surface area contributed by atoms with E-state index in [0.29, 0.717) is 88.9 Å². The SMILES string of the molecule is COC(=O)CCCOCCOCCOCCCCCCOc1cccc([C@H](C)NC(=O)c2cccc(NC3(C(N)=NC(=N)c4ccncc4)CCN(C)CC3)c2)c1. The minimum absolute atomic E-state index is 0.0777. The van der Waals surface area contributed by atoms with Crippen LogP contribution in [0, 0.1) is 5.41 Å². The zero-order valence-electron chi connectivity index (χ0n) is 33.8.